The number of hydrogen-bond acceptors (Lipinski definition) is 6. The van der Waals surface area contributed by atoms with Gasteiger partial charge in [0, 0.05) is 22.3 Å². The van der Waals surface area contributed by atoms with Gasteiger partial charge in [-0.3, -0.25) is 0 Å². The smallest absolute Gasteiger partial charge is 0.119 e. The van der Waals surface area contributed by atoms with Gasteiger partial charge in [-0.25, -0.2) is 4.98 Å². The summed E-state index contributed by atoms with van der Waals surface area (Å²) in [6.45, 7) is 5.76. The molecule has 0 unspecified atom stereocenters. The van der Waals surface area contributed by atoms with Gasteiger partial charge in [0.15, 0.2) is 0 Å². The van der Waals surface area contributed by atoms with E-state index in [0.29, 0.717) is 5.02 Å². The third-order valence-electron chi connectivity index (χ3n) is 6.00. The molecule has 0 fully saturated rings. The van der Waals surface area contributed by atoms with Crippen LogP contribution >= 0.6 is 61.2 Å². The van der Waals surface area contributed by atoms with E-state index in [0.717, 1.165) is 98.2 Å². The highest BCUT2D eigenvalue weighted by Gasteiger charge is 2.11. The van der Waals surface area contributed by atoms with E-state index in [1.54, 1.807) is 7.11 Å². The third-order valence-corrected chi connectivity index (χ3v) is 6.24. The Bertz CT molecular complexity index is 1030. The van der Waals surface area contributed by atoms with E-state index in [9.17, 15) is 0 Å². The molecule has 6 nitrogen and oxygen atoms in total. The van der Waals surface area contributed by atoms with Crippen LogP contribution in [0.1, 0.15) is 38.5 Å². The molecule has 0 bridgehead atoms. The standard InChI is InChI=1S/C26H38ClN5O.4ClH/c1-33-21-9-11-24-23(19-21)26(22-10-8-20(27)18-25(22)31-24)30-14-4-2-5-15-32(17-7-13-29)16-6-3-12-28;;;;/h8-11,18-19H,2-7,12-17,28-29H2,1H3,(H,30,31);4*1H. The van der Waals surface area contributed by atoms with E-state index in [1.165, 1.54) is 12.8 Å². The average molecular weight is 618 g/mol. The van der Waals surface area contributed by atoms with E-state index in [4.69, 9.17) is 32.8 Å². The van der Waals surface area contributed by atoms with Crippen LogP contribution in [-0.4, -0.2) is 56.3 Å². The Morgan fingerprint density at radius 1 is 0.784 bits per heavy atom. The van der Waals surface area contributed by atoms with E-state index >= 15 is 0 Å². The summed E-state index contributed by atoms with van der Waals surface area (Å²) in [4.78, 5) is 7.34. The Balaban J connectivity index is 0. The largest absolute Gasteiger partial charge is 0.497 e. The van der Waals surface area contributed by atoms with Gasteiger partial charge in [0.05, 0.1) is 23.8 Å². The van der Waals surface area contributed by atoms with Gasteiger partial charge >= 0.3 is 0 Å². The number of aromatic nitrogens is 1. The highest BCUT2D eigenvalue weighted by atomic mass is 35.5. The number of benzene rings is 2. The van der Waals surface area contributed by atoms with Gasteiger partial charge in [-0.1, -0.05) is 18.0 Å². The van der Waals surface area contributed by atoms with Crippen LogP contribution in [0, 0.1) is 0 Å². The van der Waals surface area contributed by atoms with Crippen molar-refractivity contribution in [2.75, 3.05) is 51.7 Å². The van der Waals surface area contributed by atoms with Crippen molar-refractivity contribution in [1.29, 1.82) is 0 Å². The number of methoxy groups -OCH3 is 1. The number of nitrogens with one attached hydrogen (secondary N) is 1. The second kappa shape index (κ2) is 20.9. The third kappa shape index (κ3) is 11.8. The first-order chi connectivity index (χ1) is 16.2. The molecule has 2 aromatic carbocycles. The molecular formula is C26H42Cl5N5O. The predicted octanol–water partition coefficient (Wildman–Crippen LogP) is 6.71. The maximum atomic E-state index is 6.23. The van der Waals surface area contributed by atoms with Crippen molar-refractivity contribution in [2.45, 2.75) is 38.5 Å². The molecule has 1 heterocycles. The van der Waals surface area contributed by atoms with Gasteiger partial charge in [-0.2, -0.15) is 0 Å². The van der Waals surface area contributed by atoms with Crippen molar-refractivity contribution in [1.82, 2.24) is 9.88 Å². The van der Waals surface area contributed by atoms with Gasteiger partial charge in [0.1, 0.15) is 5.75 Å². The Kier molecular flexibility index (Phi) is 21.6. The molecule has 0 radical (unpaired) electrons. The first-order valence-electron chi connectivity index (χ1n) is 12.1. The Morgan fingerprint density at radius 2 is 1.46 bits per heavy atom. The second-order valence-corrected chi connectivity index (χ2v) is 8.93. The number of unbranched alkanes of at least 4 members (excludes halogenated alkanes) is 3. The Morgan fingerprint density at radius 3 is 2.14 bits per heavy atom. The van der Waals surface area contributed by atoms with Crippen LogP contribution in [0.3, 0.4) is 0 Å². The quantitative estimate of drug-likeness (QED) is 0.130. The van der Waals surface area contributed by atoms with Crippen molar-refractivity contribution >= 4 is 88.7 Å². The normalized spacial score (nSPS) is 10.3. The predicted molar refractivity (Wildman–Crippen MR) is 171 cm³/mol. The summed E-state index contributed by atoms with van der Waals surface area (Å²) in [6.07, 6.45) is 6.79. The van der Waals surface area contributed by atoms with Crippen molar-refractivity contribution in [2.24, 2.45) is 11.5 Å². The molecular weight excluding hydrogens is 576 g/mol. The maximum absolute atomic E-state index is 6.23. The summed E-state index contributed by atoms with van der Waals surface area (Å²) in [6, 6.07) is 11.9. The fourth-order valence-electron chi connectivity index (χ4n) is 4.19. The highest BCUT2D eigenvalue weighted by Crippen LogP contribution is 2.34. The molecule has 0 aliphatic rings. The number of rotatable bonds is 15. The van der Waals surface area contributed by atoms with Gasteiger partial charge in [0.2, 0.25) is 0 Å². The summed E-state index contributed by atoms with van der Waals surface area (Å²) in [5, 5.41) is 6.52. The van der Waals surface area contributed by atoms with E-state index in [-0.39, 0.29) is 49.6 Å². The summed E-state index contributed by atoms with van der Waals surface area (Å²) >= 11 is 6.23. The molecule has 5 N–H and O–H groups in total. The van der Waals surface area contributed by atoms with Crippen LogP contribution in [-0.2, 0) is 0 Å². The van der Waals surface area contributed by atoms with E-state index in [2.05, 4.69) is 16.3 Å². The molecule has 0 amide bonds. The number of nitrogens with two attached hydrogens (primary N) is 2. The minimum Gasteiger partial charge on any atom is -0.497 e. The van der Waals surface area contributed by atoms with E-state index in [1.807, 2.05) is 30.3 Å². The summed E-state index contributed by atoms with van der Waals surface area (Å²) in [5.74, 6) is 0.827. The highest BCUT2D eigenvalue weighted by molar-refractivity contribution is 6.31. The first-order valence-corrected chi connectivity index (χ1v) is 12.5. The SMILES string of the molecule is COc1ccc2nc3cc(Cl)ccc3c(NCCCCCN(CCCN)CCCCN)c2c1.Cl.Cl.Cl.Cl. The van der Waals surface area contributed by atoms with Crippen LogP contribution in [0.5, 0.6) is 5.75 Å². The number of ether oxygens (including phenoxy) is 1. The van der Waals surface area contributed by atoms with Crippen LogP contribution < -0.4 is 21.5 Å². The molecule has 1 aromatic heterocycles. The number of anilines is 1. The lowest BCUT2D eigenvalue weighted by molar-refractivity contribution is 0.261. The molecule has 3 aromatic rings. The number of halogens is 5. The Labute approximate surface area is 251 Å². The number of hydrogen-bond donors (Lipinski definition) is 3. The van der Waals surface area contributed by atoms with Crippen LogP contribution in [0.15, 0.2) is 36.4 Å². The van der Waals surface area contributed by atoms with Gasteiger partial charge in [-0.05, 0) is 101 Å². The number of fused-ring (bicyclic) bond motifs is 2. The molecule has 0 saturated heterocycles. The van der Waals surface area contributed by atoms with Crippen molar-refractivity contribution in [3.8, 4) is 5.75 Å². The van der Waals surface area contributed by atoms with Crippen LogP contribution in [0.2, 0.25) is 5.02 Å². The Hall–Kier alpha value is -0.960. The zero-order chi connectivity index (χ0) is 23.5. The monoisotopic (exact) mass is 615 g/mol. The van der Waals surface area contributed by atoms with Gasteiger partial charge in [-0.15, -0.1) is 49.6 Å². The van der Waals surface area contributed by atoms with Crippen molar-refractivity contribution in [3.63, 3.8) is 0 Å². The molecule has 0 spiro atoms. The molecule has 0 saturated carbocycles. The molecule has 0 aliphatic heterocycles. The van der Waals surface area contributed by atoms with Crippen molar-refractivity contribution in [3.05, 3.63) is 41.4 Å². The number of nitrogens with zero attached hydrogens (tertiary/aromatic N) is 2. The molecule has 3 rings (SSSR count). The molecule has 0 aliphatic carbocycles. The lowest BCUT2D eigenvalue weighted by Gasteiger charge is -2.22. The fraction of sp³-hybridized carbons (Fsp3) is 0.500. The second-order valence-electron chi connectivity index (χ2n) is 8.50. The van der Waals surface area contributed by atoms with Crippen LogP contribution in [0.25, 0.3) is 21.8 Å². The maximum Gasteiger partial charge on any atom is 0.119 e. The number of pyridine rings is 1. The molecule has 37 heavy (non-hydrogen) atoms. The van der Waals surface area contributed by atoms with Crippen LogP contribution in [0.4, 0.5) is 5.69 Å². The zero-order valence-electron chi connectivity index (χ0n) is 21.4. The summed E-state index contributed by atoms with van der Waals surface area (Å²) < 4.78 is 5.46. The molecule has 212 valence electrons. The summed E-state index contributed by atoms with van der Waals surface area (Å²) in [7, 11) is 1.69. The average Bonchev–Trinajstić information content (AvgIpc) is 2.83. The molecule has 11 heteroatoms. The minimum atomic E-state index is 0. The zero-order valence-corrected chi connectivity index (χ0v) is 25.4. The van der Waals surface area contributed by atoms with Gasteiger partial charge in [0.25, 0.3) is 0 Å². The minimum absolute atomic E-state index is 0. The topological polar surface area (TPSA) is 89.4 Å². The lowest BCUT2D eigenvalue weighted by Crippen LogP contribution is -2.29. The fourth-order valence-corrected chi connectivity index (χ4v) is 4.36. The lowest BCUT2D eigenvalue weighted by atomic mass is 10.1. The first kappa shape index (κ1) is 38.2. The van der Waals surface area contributed by atoms with Gasteiger partial charge < -0.3 is 26.4 Å². The summed E-state index contributed by atoms with van der Waals surface area (Å²) in [5.41, 5.74) is 14.3. The molecule has 0 atom stereocenters. The van der Waals surface area contributed by atoms with E-state index < -0.39 is 0 Å². The van der Waals surface area contributed by atoms with Crippen molar-refractivity contribution < 1.29 is 4.74 Å².